The number of nitrogens with one attached hydrogen (secondary N) is 1. The number of carbonyl (C=O) groups excluding carboxylic acids is 1. The molecule has 3 atom stereocenters. The average molecular weight is 325 g/mol. The molecule has 1 saturated heterocycles. The van der Waals surface area contributed by atoms with Gasteiger partial charge in [0.25, 0.3) is 5.91 Å². The third kappa shape index (κ3) is 4.04. The van der Waals surface area contributed by atoms with Gasteiger partial charge < -0.3 is 20.5 Å². The molecule has 2 heterocycles. The normalized spacial score (nSPS) is 22.9. The predicted octanol–water partition coefficient (Wildman–Crippen LogP) is 2.15. The summed E-state index contributed by atoms with van der Waals surface area (Å²) in [6, 6.07) is 0.878. The maximum atomic E-state index is 13.9. The number of hydrogen-bond donors (Lipinski definition) is 2. The van der Waals surface area contributed by atoms with Crippen molar-refractivity contribution in [2.24, 2.45) is 5.73 Å². The monoisotopic (exact) mass is 325 g/mol. The number of methoxy groups -OCH3 is 1. The van der Waals surface area contributed by atoms with Gasteiger partial charge in [0.2, 0.25) is 0 Å². The fourth-order valence-corrected chi connectivity index (χ4v) is 2.41. The van der Waals surface area contributed by atoms with E-state index >= 15 is 0 Å². The molecule has 128 valence electrons. The first-order valence-electron chi connectivity index (χ1n) is 7.67. The smallest absolute Gasteiger partial charge is 0.253 e. The molecule has 7 heteroatoms. The lowest BCUT2D eigenvalue weighted by Crippen LogP contribution is -2.38. The van der Waals surface area contributed by atoms with E-state index in [-0.39, 0.29) is 17.7 Å². The van der Waals surface area contributed by atoms with Crippen LogP contribution >= 0.6 is 0 Å². The quantitative estimate of drug-likeness (QED) is 0.866. The van der Waals surface area contributed by atoms with Gasteiger partial charge in [-0.25, -0.2) is 4.39 Å². The lowest BCUT2D eigenvalue weighted by Gasteiger charge is -2.29. The number of anilines is 1. The van der Waals surface area contributed by atoms with Gasteiger partial charge in [-0.1, -0.05) is 0 Å². The van der Waals surface area contributed by atoms with Crippen molar-refractivity contribution in [2.45, 2.75) is 57.5 Å². The highest BCUT2D eigenvalue weighted by atomic mass is 19.1. The van der Waals surface area contributed by atoms with Gasteiger partial charge in [0.15, 0.2) is 5.82 Å². The number of rotatable bonds is 5. The molecule has 1 fully saturated rings. The molecule has 1 aromatic rings. The van der Waals surface area contributed by atoms with Crippen LogP contribution in [0.1, 0.15) is 45.3 Å². The summed E-state index contributed by atoms with van der Waals surface area (Å²) in [4.78, 5) is 16.2. The molecule has 23 heavy (non-hydrogen) atoms. The van der Waals surface area contributed by atoms with Crippen molar-refractivity contribution in [2.75, 3.05) is 12.4 Å². The number of halogens is 1. The minimum Gasteiger partial charge on any atom is -0.377 e. The van der Waals surface area contributed by atoms with E-state index in [2.05, 4.69) is 10.3 Å². The lowest BCUT2D eigenvalue weighted by atomic mass is 9.96. The zero-order chi connectivity index (χ0) is 17.2. The van der Waals surface area contributed by atoms with E-state index in [1.54, 1.807) is 7.11 Å². The van der Waals surface area contributed by atoms with Crippen LogP contribution in [-0.4, -0.2) is 35.8 Å². The summed E-state index contributed by atoms with van der Waals surface area (Å²) in [5.41, 5.74) is 5.94. The van der Waals surface area contributed by atoms with E-state index in [9.17, 15) is 9.18 Å². The molecular formula is C16H24FN3O3. The standard InChI is InChI=1S/C16H24FN3O3/c1-9-5-6-13(23-9)15(21)20-11-7-12(19-8-10(11)17)14(18)16(2,3)22-4/h7-9,13-14H,5-6,18H2,1-4H3,(H,19,20,21). The molecule has 3 unspecified atom stereocenters. The van der Waals surface area contributed by atoms with Gasteiger partial charge in [-0.3, -0.25) is 9.78 Å². The van der Waals surface area contributed by atoms with Crippen LogP contribution in [0.15, 0.2) is 12.3 Å². The number of aromatic nitrogens is 1. The second-order valence-electron chi connectivity index (χ2n) is 6.38. The first kappa shape index (κ1) is 17.8. The molecule has 3 N–H and O–H groups in total. The van der Waals surface area contributed by atoms with Crippen molar-refractivity contribution < 1.29 is 18.7 Å². The van der Waals surface area contributed by atoms with Gasteiger partial charge in [-0.15, -0.1) is 0 Å². The average Bonchev–Trinajstić information content (AvgIpc) is 2.95. The molecule has 1 aromatic heterocycles. The largest absolute Gasteiger partial charge is 0.377 e. The number of ether oxygens (including phenoxy) is 2. The van der Waals surface area contributed by atoms with Gasteiger partial charge in [0.05, 0.1) is 35.3 Å². The summed E-state index contributed by atoms with van der Waals surface area (Å²) in [5.74, 6) is -0.972. The highest BCUT2D eigenvalue weighted by Crippen LogP contribution is 2.28. The van der Waals surface area contributed by atoms with Crippen molar-refractivity contribution in [3.05, 3.63) is 23.8 Å². The van der Waals surface area contributed by atoms with Crippen molar-refractivity contribution in [3.8, 4) is 0 Å². The summed E-state index contributed by atoms with van der Waals surface area (Å²) in [6.45, 7) is 5.54. The topological polar surface area (TPSA) is 86.5 Å². The molecule has 0 saturated carbocycles. The Morgan fingerprint density at radius 2 is 2.26 bits per heavy atom. The number of carbonyl (C=O) groups is 1. The summed E-state index contributed by atoms with van der Waals surface area (Å²) < 4.78 is 24.8. The number of nitrogens with zero attached hydrogens (tertiary/aromatic N) is 1. The molecule has 6 nitrogen and oxygen atoms in total. The molecule has 0 bridgehead atoms. The Kier molecular flexibility index (Phi) is 5.33. The van der Waals surface area contributed by atoms with Gasteiger partial charge in [0.1, 0.15) is 6.10 Å². The van der Waals surface area contributed by atoms with Crippen LogP contribution in [0.3, 0.4) is 0 Å². The molecule has 0 spiro atoms. The summed E-state index contributed by atoms with van der Waals surface area (Å²) in [6.07, 6.45) is 1.98. The Balaban J connectivity index is 2.16. The summed E-state index contributed by atoms with van der Waals surface area (Å²) in [7, 11) is 1.55. The van der Waals surface area contributed by atoms with Gasteiger partial charge in [-0.05, 0) is 39.7 Å². The summed E-state index contributed by atoms with van der Waals surface area (Å²) >= 11 is 0. The van der Waals surface area contributed by atoms with Crippen LogP contribution in [-0.2, 0) is 14.3 Å². The first-order valence-corrected chi connectivity index (χ1v) is 7.67. The number of hydrogen-bond acceptors (Lipinski definition) is 5. The molecule has 1 aliphatic heterocycles. The van der Waals surface area contributed by atoms with E-state index in [0.29, 0.717) is 12.1 Å². The van der Waals surface area contributed by atoms with E-state index in [4.69, 9.17) is 15.2 Å². The fourth-order valence-electron chi connectivity index (χ4n) is 2.41. The fraction of sp³-hybridized carbons (Fsp3) is 0.625. The third-order valence-corrected chi connectivity index (χ3v) is 4.25. The zero-order valence-electron chi connectivity index (χ0n) is 13.9. The zero-order valence-corrected chi connectivity index (χ0v) is 13.9. The SMILES string of the molecule is COC(C)(C)C(N)c1cc(NC(=O)C2CCC(C)O2)c(F)cn1. The number of amides is 1. The van der Waals surface area contributed by atoms with Crippen molar-refractivity contribution >= 4 is 11.6 Å². The molecule has 0 aliphatic carbocycles. The van der Waals surface area contributed by atoms with Crippen LogP contribution in [0.25, 0.3) is 0 Å². The Bertz CT molecular complexity index is 580. The highest BCUT2D eigenvalue weighted by molar-refractivity contribution is 5.94. The van der Waals surface area contributed by atoms with Crippen LogP contribution in [0.5, 0.6) is 0 Å². The van der Waals surface area contributed by atoms with Crippen LogP contribution in [0.4, 0.5) is 10.1 Å². The Morgan fingerprint density at radius 1 is 1.57 bits per heavy atom. The molecule has 1 aliphatic rings. The van der Waals surface area contributed by atoms with Gasteiger partial charge in [0, 0.05) is 7.11 Å². The lowest BCUT2D eigenvalue weighted by molar-refractivity contribution is -0.126. The second kappa shape index (κ2) is 6.90. The van der Waals surface area contributed by atoms with Crippen LogP contribution in [0, 0.1) is 5.82 Å². The van der Waals surface area contributed by atoms with Gasteiger partial charge >= 0.3 is 0 Å². The molecule has 2 rings (SSSR count). The first-order chi connectivity index (χ1) is 10.7. The highest BCUT2D eigenvalue weighted by Gasteiger charge is 2.31. The second-order valence-corrected chi connectivity index (χ2v) is 6.38. The van der Waals surface area contributed by atoms with E-state index < -0.39 is 23.6 Å². The molecule has 0 aromatic carbocycles. The van der Waals surface area contributed by atoms with Gasteiger partial charge in [-0.2, -0.15) is 0 Å². The third-order valence-electron chi connectivity index (χ3n) is 4.25. The Morgan fingerprint density at radius 3 is 2.83 bits per heavy atom. The minimum atomic E-state index is -0.671. The minimum absolute atomic E-state index is 0.0412. The predicted molar refractivity (Wildman–Crippen MR) is 84.4 cm³/mol. The maximum absolute atomic E-state index is 13.9. The van der Waals surface area contributed by atoms with Crippen molar-refractivity contribution in [1.29, 1.82) is 0 Å². The Labute approximate surface area is 135 Å². The molecular weight excluding hydrogens is 301 g/mol. The van der Waals surface area contributed by atoms with Crippen LogP contribution < -0.4 is 11.1 Å². The summed E-state index contributed by atoms with van der Waals surface area (Å²) in [5, 5.41) is 2.56. The van der Waals surface area contributed by atoms with E-state index in [0.717, 1.165) is 12.6 Å². The Hall–Kier alpha value is -1.57. The maximum Gasteiger partial charge on any atom is 0.253 e. The van der Waals surface area contributed by atoms with Crippen molar-refractivity contribution in [3.63, 3.8) is 0 Å². The van der Waals surface area contributed by atoms with E-state index in [1.807, 2.05) is 20.8 Å². The molecule has 0 radical (unpaired) electrons. The molecule has 1 amide bonds. The number of nitrogens with two attached hydrogens (primary N) is 1. The van der Waals surface area contributed by atoms with Crippen LogP contribution in [0.2, 0.25) is 0 Å². The van der Waals surface area contributed by atoms with Crippen molar-refractivity contribution in [1.82, 2.24) is 4.98 Å². The number of pyridine rings is 1. The van der Waals surface area contributed by atoms with E-state index in [1.165, 1.54) is 6.07 Å².